The molecule has 2 aromatic rings. The summed E-state index contributed by atoms with van der Waals surface area (Å²) >= 11 is 12.8. The van der Waals surface area contributed by atoms with Crippen molar-refractivity contribution in [3.05, 3.63) is 74.9 Å². The van der Waals surface area contributed by atoms with Crippen LogP contribution in [0, 0.1) is 0 Å². The third kappa shape index (κ3) is 5.47. The average Bonchev–Trinajstić information content (AvgIpc) is 2.74. The number of rotatable bonds is 8. The molecule has 0 saturated heterocycles. The molecule has 1 unspecified atom stereocenters. The maximum Gasteiger partial charge on any atom is 0.338 e. The van der Waals surface area contributed by atoms with E-state index >= 15 is 0 Å². The second kappa shape index (κ2) is 10.7. The number of halogens is 2. The largest absolute Gasteiger partial charge is 0.481 e. The predicted octanol–water partition coefficient (Wildman–Crippen LogP) is 4.36. The Bertz CT molecular complexity index is 1080. The average molecular weight is 493 g/mol. The summed E-state index contributed by atoms with van der Waals surface area (Å²) in [7, 11) is 1.49. The van der Waals surface area contributed by atoms with Crippen LogP contribution in [-0.2, 0) is 25.5 Å². The number of nitrogens with zero attached hydrogens (tertiary/aromatic N) is 1. The van der Waals surface area contributed by atoms with Crippen molar-refractivity contribution in [1.29, 1.82) is 0 Å². The van der Waals surface area contributed by atoms with Crippen molar-refractivity contribution in [2.75, 3.05) is 25.2 Å². The van der Waals surface area contributed by atoms with Gasteiger partial charge in [0, 0.05) is 28.4 Å². The number of anilines is 1. The molecular formula is C23H22Cl2N2O6. The van der Waals surface area contributed by atoms with Crippen LogP contribution >= 0.6 is 23.2 Å². The van der Waals surface area contributed by atoms with Gasteiger partial charge in [0.05, 0.1) is 30.3 Å². The number of urea groups is 1. The van der Waals surface area contributed by atoms with E-state index in [1.807, 2.05) is 0 Å². The van der Waals surface area contributed by atoms with E-state index in [1.165, 1.54) is 12.0 Å². The number of esters is 1. The summed E-state index contributed by atoms with van der Waals surface area (Å²) < 4.78 is 10.3. The summed E-state index contributed by atoms with van der Waals surface area (Å²) in [6, 6.07) is 9.89. The number of hydrogen-bond acceptors (Lipinski definition) is 5. The Labute approximate surface area is 200 Å². The SMILES string of the molecule is COCCOC(=O)C1=C(C)N(c2ccc(CC(=O)O)cc2)C(=O)NC1c1c(Cl)cccc1Cl. The second-order valence-electron chi connectivity index (χ2n) is 7.22. The van der Waals surface area contributed by atoms with E-state index < -0.39 is 24.0 Å². The van der Waals surface area contributed by atoms with E-state index in [2.05, 4.69) is 5.32 Å². The lowest BCUT2D eigenvalue weighted by Crippen LogP contribution is -2.48. The van der Waals surface area contributed by atoms with E-state index in [0.29, 0.717) is 22.5 Å². The number of nitrogens with one attached hydrogen (secondary N) is 1. The highest BCUT2D eigenvalue weighted by Crippen LogP contribution is 2.39. The third-order valence-corrected chi connectivity index (χ3v) is 5.72. The fraction of sp³-hybridized carbons (Fsp3) is 0.261. The van der Waals surface area contributed by atoms with Gasteiger partial charge in [-0.3, -0.25) is 9.69 Å². The van der Waals surface area contributed by atoms with Crippen LogP contribution in [0.4, 0.5) is 10.5 Å². The van der Waals surface area contributed by atoms with E-state index in [-0.39, 0.29) is 35.3 Å². The molecule has 10 heteroatoms. The van der Waals surface area contributed by atoms with Crippen molar-refractivity contribution in [3.63, 3.8) is 0 Å². The number of aliphatic carboxylic acids is 1. The highest BCUT2D eigenvalue weighted by molar-refractivity contribution is 6.36. The highest BCUT2D eigenvalue weighted by atomic mass is 35.5. The zero-order chi connectivity index (χ0) is 24.1. The summed E-state index contributed by atoms with van der Waals surface area (Å²) in [5, 5.41) is 12.3. The molecule has 0 saturated carbocycles. The molecule has 33 heavy (non-hydrogen) atoms. The fourth-order valence-electron chi connectivity index (χ4n) is 3.55. The molecule has 0 spiro atoms. The molecule has 174 valence electrons. The molecule has 1 aliphatic heterocycles. The van der Waals surface area contributed by atoms with Gasteiger partial charge in [-0.1, -0.05) is 41.4 Å². The van der Waals surface area contributed by atoms with Gasteiger partial charge < -0.3 is 19.9 Å². The van der Waals surface area contributed by atoms with E-state index in [0.717, 1.165) is 0 Å². The maximum atomic E-state index is 13.1. The van der Waals surface area contributed by atoms with Crippen LogP contribution < -0.4 is 10.2 Å². The Morgan fingerprint density at radius 2 is 1.73 bits per heavy atom. The fourth-order valence-corrected chi connectivity index (χ4v) is 4.17. The van der Waals surface area contributed by atoms with Crippen LogP contribution in [0.25, 0.3) is 0 Å². The quantitative estimate of drug-likeness (QED) is 0.419. The standard InChI is InChI=1S/C23H22Cl2N2O6/c1-13-19(22(30)33-11-10-32-2)21(20-16(24)4-3-5-17(20)25)26-23(31)27(13)15-8-6-14(7-9-15)12-18(28)29/h3-9,21H,10-12H2,1-2H3,(H,26,31)(H,28,29). The molecule has 2 aromatic carbocycles. The van der Waals surface area contributed by atoms with Crippen molar-refractivity contribution in [1.82, 2.24) is 5.32 Å². The van der Waals surface area contributed by atoms with Crippen molar-refractivity contribution < 1.29 is 29.0 Å². The molecular weight excluding hydrogens is 471 g/mol. The molecule has 0 fully saturated rings. The topological polar surface area (TPSA) is 105 Å². The number of ether oxygens (including phenoxy) is 2. The number of carbonyl (C=O) groups excluding carboxylic acids is 2. The molecule has 1 heterocycles. The second-order valence-corrected chi connectivity index (χ2v) is 8.03. The molecule has 3 rings (SSSR count). The number of amides is 2. The first-order valence-electron chi connectivity index (χ1n) is 9.96. The van der Waals surface area contributed by atoms with Crippen molar-refractivity contribution in [2.24, 2.45) is 0 Å². The van der Waals surface area contributed by atoms with Crippen LogP contribution in [0.3, 0.4) is 0 Å². The van der Waals surface area contributed by atoms with Gasteiger partial charge in [0.2, 0.25) is 0 Å². The smallest absolute Gasteiger partial charge is 0.338 e. The van der Waals surface area contributed by atoms with Crippen LogP contribution in [0.1, 0.15) is 24.1 Å². The molecule has 1 atom stereocenters. The summed E-state index contributed by atoms with van der Waals surface area (Å²) in [5.41, 5.74) is 1.89. The molecule has 0 bridgehead atoms. The first kappa shape index (κ1) is 24.6. The molecule has 2 N–H and O–H groups in total. The zero-order valence-corrected chi connectivity index (χ0v) is 19.4. The van der Waals surface area contributed by atoms with Crippen LogP contribution in [0.5, 0.6) is 0 Å². The number of carboxylic acids is 1. The van der Waals surface area contributed by atoms with Gasteiger partial charge in [-0.2, -0.15) is 0 Å². The Morgan fingerprint density at radius 3 is 2.30 bits per heavy atom. The summed E-state index contributed by atoms with van der Waals surface area (Å²) in [5.74, 6) is -1.62. The van der Waals surface area contributed by atoms with Gasteiger partial charge >= 0.3 is 18.0 Å². The van der Waals surface area contributed by atoms with Crippen molar-refractivity contribution in [2.45, 2.75) is 19.4 Å². The van der Waals surface area contributed by atoms with E-state index in [9.17, 15) is 14.4 Å². The monoisotopic (exact) mass is 492 g/mol. The van der Waals surface area contributed by atoms with E-state index in [4.69, 9.17) is 37.8 Å². The van der Waals surface area contributed by atoms with Gasteiger partial charge in [-0.05, 0) is 36.8 Å². The van der Waals surface area contributed by atoms with Crippen molar-refractivity contribution >= 4 is 46.9 Å². The molecule has 0 radical (unpaired) electrons. The molecule has 8 nitrogen and oxygen atoms in total. The van der Waals surface area contributed by atoms with Gasteiger partial charge in [0.1, 0.15) is 6.61 Å². The summed E-state index contributed by atoms with van der Waals surface area (Å²) in [6.07, 6.45) is -0.147. The van der Waals surface area contributed by atoms with Gasteiger partial charge in [0.25, 0.3) is 0 Å². The lowest BCUT2D eigenvalue weighted by Gasteiger charge is -2.36. The molecule has 2 amide bonds. The van der Waals surface area contributed by atoms with Crippen molar-refractivity contribution in [3.8, 4) is 0 Å². The zero-order valence-electron chi connectivity index (χ0n) is 17.9. The van der Waals surface area contributed by atoms with Gasteiger partial charge in [-0.15, -0.1) is 0 Å². The summed E-state index contributed by atoms with van der Waals surface area (Å²) in [4.78, 5) is 38.5. The minimum absolute atomic E-state index is 0.0208. The molecule has 1 aliphatic rings. The van der Waals surface area contributed by atoms with E-state index in [1.54, 1.807) is 49.4 Å². The number of carbonyl (C=O) groups is 3. The predicted molar refractivity (Wildman–Crippen MR) is 124 cm³/mol. The van der Waals surface area contributed by atoms with Crippen LogP contribution in [0.2, 0.25) is 10.0 Å². The van der Waals surface area contributed by atoms with Gasteiger partial charge in [0.15, 0.2) is 0 Å². The Balaban J connectivity index is 2.08. The number of methoxy groups -OCH3 is 1. The number of benzene rings is 2. The molecule has 0 aliphatic carbocycles. The van der Waals surface area contributed by atoms with Crippen LogP contribution in [-0.4, -0.2) is 43.4 Å². The number of carboxylic acid groups (broad SMARTS) is 1. The Morgan fingerprint density at radius 1 is 1.09 bits per heavy atom. The maximum absolute atomic E-state index is 13.1. The minimum Gasteiger partial charge on any atom is -0.481 e. The number of allylic oxidation sites excluding steroid dienone is 1. The van der Waals surface area contributed by atoms with Crippen LogP contribution in [0.15, 0.2) is 53.7 Å². The Kier molecular flexibility index (Phi) is 7.97. The number of hydrogen-bond donors (Lipinski definition) is 2. The lowest BCUT2D eigenvalue weighted by molar-refractivity contribution is -0.141. The summed E-state index contributed by atoms with van der Waals surface area (Å²) in [6.45, 7) is 1.85. The third-order valence-electron chi connectivity index (χ3n) is 5.06. The highest BCUT2D eigenvalue weighted by Gasteiger charge is 2.39. The normalized spacial score (nSPS) is 15.9. The Hall–Kier alpha value is -3.07. The first-order chi connectivity index (χ1) is 15.7. The first-order valence-corrected chi connectivity index (χ1v) is 10.7. The van der Waals surface area contributed by atoms with Gasteiger partial charge in [-0.25, -0.2) is 9.59 Å². The minimum atomic E-state index is -0.963. The lowest BCUT2D eigenvalue weighted by atomic mass is 9.94. The molecule has 0 aromatic heterocycles.